The molecular formula is C14H11F3O. The van der Waals surface area contributed by atoms with E-state index in [-0.39, 0.29) is 12.0 Å². The highest BCUT2D eigenvalue weighted by Crippen LogP contribution is 2.39. The Bertz CT molecular complexity index is 543. The molecule has 1 nitrogen and oxygen atoms in total. The summed E-state index contributed by atoms with van der Waals surface area (Å²) in [5.41, 5.74) is -2.00. The fraction of sp³-hybridized carbons (Fsp3) is 0.214. The Labute approximate surface area is 103 Å². The minimum absolute atomic E-state index is 0.0602. The summed E-state index contributed by atoms with van der Waals surface area (Å²) in [5, 5.41) is 0. The predicted octanol–water partition coefficient (Wildman–Crippen LogP) is 3.76. The smallest absolute Gasteiger partial charge is 0.197 e. The van der Waals surface area contributed by atoms with E-state index in [0.29, 0.717) is 5.56 Å². The van der Waals surface area contributed by atoms with Crippen LogP contribution in [0.15, 0.2) is 42.2 Å². The van der Waals surface area contributed by atoms with Crippen molar-refractivity contribution < 1.29 is 18.0 Å². The molecule has 0 saturated carbocycles. The number of alkyl halides is 1. The summed E-state index contributed by atoms with van der Waals surface area (Å²) in [6, 6.07) is 4.95. The highest BCUT2D eigenvalue weighted by molar-refractivity contribution is 6.00. The number of carbonyl (C=O) groups is 1. The Hall–Kier alpha value is -1.84. The van der Waals surface area contributed by atoms with Crippen molar-refractivity contribution in [2.24, 2.45) is 0 Å². The van der Waals surface area contributed by atoms with E-state index >= 15 is 0 Å². The SMILES string of the molecule is CC(=O)C1(F)CC=C(F)C=C1c1ccc(F)cc1. The molecule has 1 unspecified atom stereocenters. The van der Waals surface area contributed by atoms with Gasteiger partial charge in [0.05, 0.1) is 0 Å². The average Bonchev–Trinajstić information content (AvgIpc) is 2.33. The zero-order valence-corrected chi connectivity index (χ0v) is 9.71. The lowest BCUT2D eigenvalue weighted by Gasteiger charge is -2.27. The molecule has 0 radical (unpaired) electrons. The zero-order valence-electron chi connectivity index (χ0n) is 9.71. The molecule has 0 bridgehead atoms. The van der Waals surface area contributed by atoms with Crippen LogP contribution in [0.5, 0.6) is 0 Å². The first kappa shape index (κ1) is 12.6. The lowest BCUT2D eigenvalue weighted by atomic mass is 9.81. The van der Waals surface area contributed by atoms with Gasteiger partial charge >= 0.3 is 0 Å². The normalized spacial score (nSPS) is 23.3. The number of halogens is 3. The summed E-state index contributed by atoms with van der Waals surface area (Å²) in [5.74, 6) is -1.76. The highest BCUT2D eigenvalue weighted by Gasteiger charge is 2.41. The summed E-state index contributed by atoms with van der Waals surface area (Å²) < 4.78 is 40.7. The fourth-order valence-electron chi connectivity index (χ4n) is 1.93. The summed E-state index contributed by atoms with van der Waals surface area (Å²) >= 11 is 0. The number of allylic oxidation sites excluding steroid dienone is 4. The van der Waals surface area contributed by atoms with Crippen LogP contribution in [0.2, 0.25) is 0 Å². The molecule has 0 saturated heterocycles. The van der Waals surface area contributed by atoms with Crippen molar-refractivity contribution in [3.05, 3.63) is 53.6 Å². The molecule has 0 amide bonds. The summed E-state index contributed by atoms with van der Waals surface area (Å²) in [7, 11) is 0. The molecule has 0 heterocycles. The van der Waals surface area contributed by atoms with Gasteiger partial charge in [-0.15, -0.1) is 0 Å². The third-order valence-electron chi connectivity index (χ3n) is 3.00. The van der Waals surface area contributed by atoms with E-state index in [0.717, 1.165) is 31.2 Å². The lowest BCUT2D eigenvalue weighted by Crippen LogP contribution is -2.34. The van der Waals surface area contributed by atoms with Gasteiger partial charge in [-0.1, -0.05) is 12.1 Å². The zero-order chi connectivity index (χ0) is 13.3. The van der Waals surface area contributed by atoms with Crippen LogP contribution < -0.4 is 0 Å². The van der Waals surface area contributed by atoms with Gasteiger partial charge in [-0.3, -0.25) is 4.79 Å². The molecule has 1 aliphatic rings. The second-order valence-corrected chi connectivity index (χ2v) is 4.22. The van der Waals surface area contributed by atoms with E-state index in [1.807, 2.05) is 0 Å². The Kier molecular flexibility index (Phi) is 3.11. The third kappa shape index (κ3) is 2.10. The van der Waals surface area contributed by atoms with E-state index in [1.54, 1.807) is 0 Å². The molecule has 94 valence electrons. The third-order valence-corrected chi connectivity index (χ3v) is 3.00. The molecule has 2 rings (SSSR count). The summed E-state index contributed by atoms with van der Waals surface area (Å²) in [4.78, 5) is 11.4. The first-order valence-electron chi connectivity index (χ1n) is 5.47. The van der Waals surface area contributed by atoms with Crippen molar-refractivity contribution in [1.29, 1.82) is 0 Å². The molecule has 1 aromatic carbocycles. The highest BCUT2D eigenvalue weighted by atomic mass is 19.1. The molecule has 0 aliphatic heterocycles. The van der Waals surface area contributed by atoms with Gasteiger partial charge in [0.25, 0.3) is 0 Å². The molecule has 1 atom stereocenters. The Morgan fingerprint density at radius 1 is 1.22 bits per heavy atom. The van der Waals surface area contributed by atoms with Gasteiger partial charge in [0.15, 0.2) is 11.5 Å². The van der Waals surface area contributed by atoms with Crippen LogP contribution in [-0.2, 0) is 4.79 Å². The number of hydrogen-bond acceptors (Lipinski definition) is 1. The lowest BCUT2D eigenvalue weighted by molar-refractivity contribution is -0.124. The van der Waals surface area contributed by atoms with Crippen molar-refractivity contribution in [2.75, 3.05) is 0 Å². The number of benzene rings is 1. The largest absolute Gasteiger partial charge is 0.296 e. The average molecular weight is 252 g/mol. The van der Waals surface area contributed by atoms with Gasteiger partial charge in [0.1, 0.15) is 11.6 Å². The number of rotatable bonds is 2. The van der Waals surface area contributed by atoms with Gasteiger partial charge in [0.2, 0.25) is 0 Å². The van der Waals surface area contributed by atoms with Gasteiger partial charge in [-0.2, -0.15) is 0 Å². The molecule has 1 aromatic rings. The standard InChI is InChI=1S/C14H11F3O/c1-9(18)14(17)7-6-12(16)8-13(14)10-2-4-11(15)5-3-10/h2-6,8H,7H2,1H3. The van der Waals surface area contributed by atoms with Gasteiger partial charge < -0.3 is 0 Å². The maximum atomic E-state index is 14.6. The minimum atomic E-state index is -2.24. The molecule has 0 N–H and O–H groups in total. The maximum Gasteiger partial charge on any atom is 0.197 e. The molecule has 18 heavy (non-hydrogen) atoms. The number of carbonyl (C=O) groups excluding carboxylic acids is 1. The van der Waals surface area contributed by atoms with Crippen molar-refractivity contribution in [2.45, 2.75) is 19.0 Å². The Balaban J connectivity index is 2.53. The molecule has 0 aromatic heterocycles. The molecule has 4 heteroatoms. The second kappa shape index (κ2) is 4.44. The van der Waals surface area contributed by atoms with Crippen molar-refractivity contribution >= 4 is 11.4 Å². The minimum Gasteiger partial charge on any atom is -0.296 e. The van der Waals surface area contributed by atoms with Crippen molar-refractivity contribution in [3.63, 3.8) is 0 Å². The van der Waals surface area contributed by atoms with E-state index in [2.05, 4.69) is 0 Å². The van der Waals surface area contributed by atoms with Crippen LogP contribution >= 0.6 is 0 Å². The topological polar surface area (TPSA) is 17.1 Å². The monoisotopic (exact) mass is 252 g/mol. The first-order chi connectivity index (χ1) is 8.43. The van der Waals surface area contributed by atoms with Gasteiger partial charge in [-0.05, 0) is 36.8 Å². The fourth-order valence-corrected chi connectivity index (χ4v) is 1.93. The van der Waals surface area contributed by atoms with Crippen molar-refractivity contribution in [1.82, 2.24) is 0 Å². The van der Waals surface area contributed by atoms with E-state index in [9.17, 15) is 18.0 Å². The Morgan fingerprint density at radius 3 is 2.39 bits per heavy atom. The van der Waals surface area contributed by atoms with Crippen LogP contribution in [0, 0.1) is 5.82 Å². The summed E-state index contributed by atoms with van der Waals surface area (Å²) in [6.07, 6.45) is 1.68. The molecular weight excluding hydrogens is 241 g/mol. The molecule has 1 aliphatic carbocycles. The van der Waals surface area contributed by atoms with E-state index in [1.165, 1.54) is 12.1 Å². The van der Waals surface area contributed by atoms with E-state index in [4.69, 9.17) is 0 Å². The van der Waals surface area contributed by atoms with Crippen LogP contribution in [0.3, 0.4) is 0 Å². The molecule has 0 fully saturated rings. The van der Waals surface area contributed by atoms with Crippen molar-refractivity contribution in [3.8, 4) is 0 Å². The van der Waals surface area contributed by atoms with Crippen LogP contribution in [-0.4, -0.2) is 11.5 Å². The van der Waals surface area contributed by atoms with E-state index < -0.39 is 23.1 Å². The number of Topliss-reactive ketones (excluding diaryl/α,β-unsaturated/α-hetero) is 1. The predicted molar refractivity (Wildman–Crippen MR) is 62.7 cm³/mol. The van der Waals surface area contributed by atoms with Crippen LogP contribution in [0.1, 0.15) is 18.9 Å². The van der Waals surface area contributed by atoms with Gasteiger partial charge in [0, 0.05) is 12.0 Å². The van der Waals surface area contributed by atoms with Crippen LogP contribution in [0.25, 0.3) is 5.57 Å². The van der Waals surface area contributed by atoms with Gasteiger partial charge in [-0.25, -0.2) is 13.2 Å². The first-order valence-corrected chi connectivity index (χ1v) is 5.47. The molecule has 0 spiro atoms. The summed E-state index contributed by atoms with van der Waals surface area (Å²) in [6.45, 7) is 1.12. The number of hydrogen-bond donors (Lipinski definition) is 0. The Morgan fingerprint density at radius 2 is 1.83 bits per heavy atom. The quantitative estimate of drug-likeness (QED) is 0.783. The number of ketones is 1. The maximum absolute atomic E-state index is 14.6. The van der Waals surface area contributed by atoms with Crippen LogP contribution in [0.4, 0.5) is 13.2 Å². The second-order valence-electron chi connectivity index (χ2n) is 4.22.